The van der Waals surface area contributed by atoms with E-state index in [0.717, 1.165) is 35.9 Å². The van der Waals surface area contributed by atoms with Gasteiger partial charge in [0.25, 0.3) is 5.56 Å². The second-order valence-electron chi connectivity index (χ2n) is 6.93. The van der Waals surface area contributed by atoms with Crippen molar-refractivity contribution in [3.8, 4) is 0 Å². The first-order valence-electron chi connectivity index (χ1n) is 8.68. The van der Waals surface area contributed by atoms with E-state index in [9.17, 15) is 13.2 Å². The molecule has 1 saturated carbocycles. The molecule has 1 aromatic carbocycles. The molecule has 2 aromatic rings. The molecule has 0 bridgehead atoms. The molecule has 0 radical (unpaired) electrons. The zero-order valence-electron chi connectivity index (χ0n) is 14.9. The smallest absolute Gasteiger partial charge is 0.251 e. The summed E-state index contributed by atoms with van der Waals surface area (Å²) >= 11 is 6.24. The maximum absolute atomic E-state index is 12.1. The van der Waals surface area contributed by atoms with Crippen LogP contribution in [-0.2, 0) is 9.84 Å². The molecule has 0 atom stereocenters. The molecule has 0 amide bonds. The van der Waals surface area contributed by atoms with Gasteiger partial charge in [0.1, 0.15) is 0 Å². The predicted molar refractivity (Wildman–Crippen MR) is 105 cm³/mol. The molecule has 6 heteroatoms. The summed E-state index contributed by atoms with van der Waals surface area (Å²) in [6.45, 7) is 1.76. The second-order valence-corrected chi connectivity index (χ2v) is 9.32. The lowest BCUT2D eigenvalue weighted by Gasteiger charge is -2.13. The van der Waals surface area contributed by atoms with Gasteiger partial charge in [0, 0.05) is 23.1 Å². The zero-order valence-corrected chi connectivity index (χ0v) is 16.5. The standard InChI is InChI=1S/C20H22ClNO3S/c1-13-7-9-18(22-20(13)23)16(11-14-5-3-4-6-14)15-8-10-19(17(21)12-15)26(2,24)25/h7-12,14H,3-6H2,1-2H3,(H,22,23)/b16-11+. The first kappa shape index (κ1) is 18.9. The summed E-state index contributed by atoms with van der Waals surface area (Å²) in [6, 6.07) is 8.62. The summed E-state index contributed by atoms with van der Waals surface area (Å²) in [4.78, 5) is 15.1. The molecular formula is C20H22ClNO3S. The number of nitrogens with one attached hydrogen (secondary N) is 1. The Hall–Kier alpha value is -1.85. The van der Waals surface area contributed by atoms with Crippen molar-refractivity contribution in [1.29, 1.82) is 0 Å². The summed E-state index contributed by atoms with van der Waals surface area (Å²) < 4.78 is 23.6. The molecule has 3 rings (SSSR count). The van der Waals surface area contributed by atoms with Crippen LogP contribution in [0.1, 0.15) is 42.5 Å². The first-order chi connectivity index (χ1) is 12.3. The van der Waals surface area contributed by atoms with E-state index >= 15 is 0 Å². The number of benzene rings is 1. The van der Waals surface area contributed by atoms with Gasteiger partial charge in [-0.05, 0) is 49.4 Å². The van der Waals surface area contributed by atoms with Crippen LogP contribution in [0, 0.1) is 12.8 Å². The Morgan fingerprint density at radius 1 is 1.19 bits per heavy atom. The highest BCUT2D eigenvalue weighted by molar-refractivity contribution is 7.90. The third-order valence-electron chi connectivity index (χ3n) is 4.84. The van der Waals surface area contributed by atoms with E-state index in [1.54, 1.807) is 25.1 Å². The van der Waals surface area contributed by atoms with E-state index in [4.69, 9.17) is 11.6 Å². The van der Waals surface area contributed by atoms with Crippen LogP contribution in [0.25, 0.3) is 5.57 Å². The Balaban J connectivity index is 2.13. The highest BCUT2D eigenvalue weighted by Gasteiger charge is 2.18. The minimum atomic E-state index is -3.38. The minimum absolute atomic E-state index is 0.112. The Morgan fingerprint density at radius 3 is 2.46 bits per heavy atom. The number of H-pyrrole nitrogens is 1. The molecule has 138 valence electrons. The second kappa shape index (κ2) is 7.41. The molecule has 1 aliphatic rings. The van der Waals surface area contributed by atoms with Crippen molar-refractivity contribution in [3.05, 3.63) is 68.6 Å². The number of rotatable bonds is 4. The first-order valence-corrected chi connectivity index (χ1v) is 10.9. The van der Waals surface area contributed by atoms with Gasteiger partial charge < -0.3 is 4.98 Å². The van der Waals surface area contributed by atoms with Gasteiger partial charge in [-0.3, -0.25) is 4.79 Å². The monoisotopic (exact) mass is 391 g/mol. The van der Waals surface area contributed by atoms with E-state index in [-0.39, 0.29) is 15.5 Å². The van der Waals surface area contributed by atoms with Crippen molar-refractivity contribution in [2.75, 3.05) is 6.26 Å². The van der Waals surface area contributed by atoms with Crippen LogP contribution in [0.15, 0.2) is 46.1 Å². The Kier molecular flexibility index (Phi) is 5.39. The topological polar surface area (TPSA) is 67.0 Å². The van der Waals surface area contributed by atoms with Gasteiger partial charge >= 0.3 is 0 Å². The number of allylic oxidation sites excluding steroid dienone is 1. The van der Waals surface area contributed by atoms with E-state index in [1.807, 2.05) is 6.07 Å². The van der Waals surface area contributed by atoms with Gasteiger partial charge in [0.15, 0.2) is 9.84 Å². The molecule has 0 unspecified atom stereocenters. The normalized spacial score (nSPS) is 16.2. The van der Waals surface area contributed by atoms with Crippen molar-refractivity contribution in [2.45, 2.75) is 37.5 Å². The van der Waals surface area contributed by atoms with Crippen molar-refractivity contribution in [3.63, 3.8) is 0 Å². The molecule has 0 spiro atoms. The van der Waals surface area contributed by atoms with Crippen LogP contribution in [0.5, 0.6) is 0 Å². The third-order valence-corrected chi connectivity index (χ3v) is 6.42. The van der Waals surface area contributed by atoms with Gasteiger partial charge in [-0.15, -0.1) is 0 Å². The number of hydrogen-bond acceptors (Lipinski definition) is 3. The lowest BCUT2D eigenvalue weighted by Crippen LogP contribution is -2.11. The van der Waals surface area contributed by atoms with Gasteiger partial charge in [-0.2, -0.15) is 0 Å². The Bertz CT molecular complexity index is 1020. The minimum Gasteiger partial charge on any atom is -0.322 e. The zero-order chi connectivity index (χ0) is 18.9. The van der Waals surface area contributed by atoms with Crippen LogP contribution in [0.3, 0.4) is 0 Å². The number of halogens is 1. The van der Waals surface area contributed by atoms with Gasteiger partial charge in [-0.25, -0.2) is 8.42 Å². The molecular weight excluding hydrogens is 370 g/mol. The molecule has 1 aromatic heterocycles. The van der Waals surface area contributed by atoms with E-state index in [0.29, 0.717) is 11.5 Å². The van der Waals surface area contributed by atoms with Gasteiger partial charge in [-0.1, -0.05) is 42.7 Å². The lowest BCUT2D eigenvalue weighted by molar-refractivity contribution is 0.602. The molecule has 1 fully saturated rings. The van der Waals surface area contributed by atoms with Gasteiger partial charge in [0.05, 0.1) is 9.92 Å². The highest BCUT2D eigenvalue weighted by atomic mass is 35.5. The molecule has 0 aliphatic heterocycles. The molecule has 1 heterocycles. The number of sulfone groups is 1. The van der Waals surface area contributed by atoms with Crippen LogP contribution < -0.4 is 5.56 Å². The summed E-state index contributed by atoms with van der Waals surface area (Å²) in [5, 5.41) is 0.191. The van der Waals surface area contributed by atoms with Crippen LogP contribution in [0.2, 0.25) is 5.02 Å². The molecule has 0 saturated heterocycles. The van der Waals surface area contributed by atoms with E-state index in [2.05, 4.69) is 11.1 Å². The quantitative estimate of drug-likeness (QED) is 0.841. The van der Waals surface area contributed by atoms with Crippen LogP contribution in [0.4, 0.5) is 0 Å². The third kappa shape index (κ3) is 4.10. The Labute approximate surface area is 158 Å². The lowest BCUT2D eigenvalue weighted by atomic mass is 9.96. The average molecular weight is 392 g/mol. The molecule has 1 aliphatic carbocycles. The van der Waals surface area contributed by atoms with Gasteiger partial charge in [0.2, 0.25) is 0 Å². The predicted octanol–water partition coefficient (Wildman–Crippen LogP) is 4.36. The fraction of sp³-hybridized carbons (Fsp3) is 0.350. The van der Waals surface area contributed by atoms with E-state index in [1.165, 1.54) is 18.9 Å². The average Bonchev–Trinajstić information content (AvgIpc) is 3.07. The number of hydrogen-bond donors (Lipinski definition) is 1. The number of aromatic nitrogens is 1. The maximum atomic E-state index is 12.1. The van der Waals surface area contributed by atoms with Crippen molar-refractivity contribution >= 4 is 27.0 Å². The fourth-order valence-corrected chi connectivity index (χ4v) is 4.70. The largest absolute Gasteiger partial charge is 0.322 e. The number of aryl methyl sites for hydroxylation is 1. The highest BCUT2D eigenvalue weighted by Crippen LogP contribution is 2.33. The van der Waals surface area contributed by atoms with Crippen LogP contribution >= 0.6 is 11.6 Å². The number of aromatic amines is 1. The summed E-state index contributed by atoms with van der Waals surface area (Å²) in [5.41, 5.74) is 2.93. The summed E-state index contributed by atoms with van der Waals surface area (Å²) in [7, 11) is -3.38. The maximum Gasteiger partial charge on any atom is 0.251 e. The van der Waals surface area contributed by atoms with Crippen LogP contribution in [-0.4, -0.2) is 19.7 Å². The Morgan fingerprint density at radius 2 is 1.88 bits per heavy atom. The number of pyridine rings is 1. The van der Waals surface area contributed by atoms with Crippen molar-refractivity contribution in [2.24, 2.45) is 5.92 Å². The molecule has 26 heavy (non-hydrogen) atoms. The molecule has 4 nitrogen and oxygen atoms in total. The SMILES string of the molecule is Cc1ccc(/C(=C/C2CCCC2)c2ccc(S(C)(=O)=O)c(Cl)c2)[nH]c1=O. The summed E-state index contributed by atoms with van der Waals surface area (Å²) in [5.74, 6) is 0.447. The summed E-state index contributed by atoms with van der Waals surface area (Å²) in [6.07, 6.45) is 7.96. The van der Waals surface area contributed by atoms with Crippen molar-refractivity contribution in [1.82, 2.24) is 4.98 Å². The van der Waals surface area contributed by atoms with Crippen molar-refractivity contribution < 1.29 is 8.42 Å². The molecule has 1 N–H and O–H groups in total. The van der Waals surface area contributed by atoms with E-state index < -0.39 is 9.84 Å². The fourth-order valence-electron chi connectivity index (χ4n) is 3.37.